The van der Waals surface area contributed by atoms with E-state index in [0.29, 0.717) is 5.56 Å². The second kappa shape index (κ2) is 6.42. The standard InChI is InChI=1S/C17H18N4OS/c1-11(2)21-16-12(10-19-21)8-13(9-18-16)17(22)20-14-6-4-5-7-15(14)23-3/h4-11H,1-3H3,(H,20,22). The van der Waals surface area contributed by atoms with Crippen molar-refractivity contribution in [2.24, 2.45) is 0 Å². The highest BCUT2D eigenvalue weighted by atomic mass is 32.2. The molecule has 0 unspecified atom stereocenters. The molecule has 0 fully saturated rings. The third-order valence-corrected chi connectivity index (χ3v) is 4.34. The monoisotopic (exact) mass is 326 g/mol. The summed E-state index contributed by atoms with van der Waals surface area (Å²) >= 11 is 1.60. The molecule has 118 valence electrons. The van der Waals surface area contributed by atoms with E-state index < -0.39 is 0 Å². The van der Waals surface area contributed by atoms with Gasteiger partial charge >= 0.3 is 0 Å². The number of carbonyl (C=O) groups is 1. The van der Waals surface area contributed by atoms with Crippen LogP contribution in [0, 0.1) is 0 Å². The zero-order chi connectivity index (χ0) is 16.4. The number of amides is 1. The smallest absolute Gasteiger partial charge is 0.257 e. The van der Waals surface area contributed by atoms with Gasteiger partial charge in [-0.25, -0.2) is 9.67 Å². The third kappa shape index (κ3) is 3.07. The largest absolute Gasteiger partial charge is 0.321 e. The van der Waals surface area contributed by atoms with E-state index in [1.54, 1.807) is 24.2 Å². The highest BCUT2D eigenvalue weighted by molar-refractivity contribution is 7.98. The first-order valence-corrected chi connectivity index (χ1v) is 8.60. The molecule has 0 aliphatic carbocycles. The minimum absolute atomic E-state index is 0.168. The van der Waals surface area contributed by atoms with Gasteiger partial charge in [0, 0.05) is 22.5 Å². The van der Waals surface area contributed by atoms with E-state index in [2.05, 4.69) is 15.4 Å². The normalized spacial score (nSPS) is 11.1. The number of thioether (sulfide) groups is 1. The van der Waals surface area contributed by atoms with Gasteiger partial charge in [-0.3, -0.25) is 4.79 Å². The Labute approximate surface area is 139 Å². The number of hydrogen-bond donors (Lipinski definition) is 1. The van der Waals surface area contributed by atoms with Gasteiger partial charge < -0.3 is 5.32 Å². The molecule has 23 heavy (non-hydrogen) atoms. The van der Waals surface area contributed by atoms with Crippen LogP contribution in [0.3, 0.4) is 0 Å². The van der Waals surface area contributed by atoms with Gasteiger partial charge in [0.2, 0.25) is 0 Å². The van der Waals surface area contributed by atoms with Crippen molar-refractivity contribution >= 4 is 34.4 Å². The van der Waals surface area contributed by atoms with E-state index in [-0.39, 0.29) is 11.9 Å². The van der Waals surface area contributed by atoms with Crippen LogP contribution in [0.15, 0.2) is 47.6 Å². The lowest BCUT2D eigenvalue weighted by Gasteiger charge is -2.09. The van der Waals surface area contributed by atoms with E-state index in [4.69, 9.17) is 0 Å². The molecule has 1 amide bonds. The molecular weight excluding hydrogens is 308 g/mol. The van der Waals surface area contributed by atoms with Crippen LogP contribution in [0.5, 0.6) is 0 Å². The summed E-state index contributed by atoms with van der Waals surface area (Å²) in [6, 6.07) is 9.79. The van der Waals surface area contributed by atoms with Gasteiger partial charge in [0.15, 0.2) is 5.65 Å². The van der Waals surface area contributed by atoms with Crippen LogP contribution in [0.25, 0.3) is 11.0 Å². The molecule has 2 heterocycles. The van der Waals surface area contributed by atoms with E-state index in [9.17, 15) is 4.79 Å². The van der Waals surface area contributed by atoms with Crippen LogP contribution in [0.4, 0.5) is 5.69 Å². The number of fused-ring (bicyclic) bond motifs is 1. The first-order chi connectivity index (χ1) is 11.1. The highest BCUT2D eigenvalue weighted by Gasteiger charge is 2.13. The van der Waals surface area contributed by atoms with E-state index in [1.807, 2.05) is 55.1 Å². The fourth-order valence-corrected chi connectivity index (χ4v) is 2.94. The van der Waals surface area contributed by atoms with E-state index in [0.717, 1.165) is 21.6 Å². The van der Waals surface area contributed by atoms with Crippen molar-refractivity contribution in [3.8, 4) is 0 Å². The number of para-hydroxylation sites is 1. The van der Waals surface area contributed by atoms with E-state index >= 15 is 0 Å². The summed E-state index contributed by atoms with van der Waals surface area (Å²) in [6.45, 7) is 4.10. The van der Waals surface area contributed by atoms with E-state index in [1.165, 1.54) is 0 Å². The molecule has 0 bridgehead atoms. The van der Waals surface area contributed by atoms with Crippen molar-refractivity contribution in [1.82, 2.24) is 14.8 Å². The predicted molar refractivity (Wildman–Crippen MR) is 94.1 cm³/mol. The van der Waals surface area contributed by atoms with Crippen molar-refractivity contribution < 1.29 is 4.79 Å². The predicted octanol–water partition coefficient (Wildman–Crippen LogP) is 3.99. The van der Waals surface area contributed by atoms with Crippen LogP contribution in [0.1, 0.15) is 30.2 Å². The zero-order valence-corrected chi connectivity index (χ0v) is 14.1. The lowest BCUT2D eigenvalue weighted by molar-refractivity contribution is 0.102. The average Bonchev–Trinajstić information content (AvgIpc) is 2.98. The number of carbonyl (C=O) groups excluding carboxylic acids is 1. The molecule has 0 aliphatic rings. The molecular formula is C17H18N4OS. The van der Waals surface area contributed by atoms with Crippen molar-refractivity contribution in [2.75, 3.05) is 11.6 Å². The van der Waals surface area contributed by atoms with Gasteiger partial charge in [-0.15, -0.1) is 11.8 Å². The summed E-state index contributed by atoms with van der Waals surface area (Å²) in [4.78, 5) is 17.9. The molecule has 1 N–H and O–H groups in total. The number of pyridine rings is 1. The molecule has 0 saturated carbocycles. The summed E-state index contributed by atoms with van der Waals surface area (Å²) in [6.07, 6.45) is 5.33. The molecule has 3 rings (SSSR count). The molecule has 6 heteroatoms. The molecule has 0 atom stereocenters. The van der Waals surface area contributed by atoms with Crippen molar-refractivity contribution in [3.63, 3.8) is 0 Å². The summed E-state index contributed by atoms with van der Waals surface area (Å²) in [5, 5.41) is 8.14. The Kier molecular flexibility index (Phi) is 4.34. The molecule has 0 aliphatic heterocycles. The summed E-state index contributed by atoms with van der Waals surface area (Å²) in [5.74, 6) is -0.168. The second-order valence-corrected chi connectivity index (χ2v) is 6.32. The second-order valence-electron chi connectivity index (χ2n) is 5.47. The van der Waals surface area contributed by atoms with Gasteiger partial charge in [-0.1, -0.05) is 12.1 Å². The van der Waals surface area contributed by atoms with Crippen LogP contribution in [-0.2, 0) is 0 Å². The van der Waals surface area contributed by atoms with Gasteiger partial charge in [-0.05, 0) is 38.3 Å². The van der Waals surface area contributed by atoms with Crippen molar-refractivity contribution in [1.29, 1.82) is 0 Å². The number of nitrogens with one attached hydrogen (secondary N) is 1. The number of hydrogen-bond acceptors (Lipinski definition) is 4. The molecule has 3 aromatic rings. The minimum Gasteiger partial charge on any atom is -0.321 e. The summed E-state index contributed by atoms with van der Waals surface area (Å²) in [5.41, 5.74) is 2.13. The van der Waals surface area contributed by atoms with Gasteiger partial charge in [0.1, 0.15) is 0 Å². The Morgan fingerprint density at radius 2 is 2.04 bits per heavy atom. The number of aromatic nitrogens is 3. The SMILES string of the molecule is CSc1ccccc1NC(=O)c1cnc2c(cnn2C(C)C)c1. The molecule has 5 nitrogen and oxygen atoms in total. The molecule has 2 aromatic heterocycles. The third-order valence-electron chi connectivity index (χ3n) is 3.54. The first-order valence-electron chi connectivity index (χ1n) is 7.38. The Balaban J connectivity index is 1.89. The maximum Gasteiger partial charge on any atom is 0.257 e. The fraction of sp³-hybridized carbons (Fsp3) is 0.235. The van der Waals surface area contributed by atoms with Crippen molar-refractivity contribution in [2.45, 2.75) is 24.8 Å². The van der Waals surface area contributed by atoms with Crippen LogP contribution >= 0.6 is 11.8 Å². The number of benzene rings is 1. The Hall–Kier alpha value is -2.34. The quantitative estimate of drug-likeness (QED) is 0.737. The Morgan fingerprint density at radius 1 is 1.26 bits per heavy atom. The summed E-state index contributed by atoms with van der Waals surface area (Å²) < 4.78 is 1.85. The molecule has 0 spiro atoms. The van der Waals surface area contributed by atoms with Gasteiger partial charge in [0.25, 0.3) is 5.91 Å². The first kappa shape index (κ1) is 15.6. The fourth-order valence-electron chi connectivity index (χ4n) is 2.38. The maximum absolute atomic E-state index is 12.5. The van der Waals surface area contributed by atoms with Crippen molar-refractivity contribution in [3.05, 3.63) is 48.3 Å². The average molecular weight is 326 g/mol. The van der Waals surface area contributed by atoms with Crippen LogP contribution < -0.4 is 5.32 Å². The number of anilines is 1. The molecule has 0 saturated heterocycles. The molecule has 0 radical (unpaired) electrons. The Morgan fingerprint density at radius 3 is 2.78 bits per heavy atom. The van der Waals surface area contributed by atoms with Crippen LogP contribution in [-0.4, -0.2) is 26.9 Å². The lowest BCUT2D eigenvalue weighted by Crippen LogP contribution is -2.13. The van der Waals surface area contributed by atoms with Crippen LogP contribution in [0.2, 0.25) is 0 Å². The number of nitrogens with zero attached hydrogens (tertiary/aromatic N) is 3. The topological polar surface area (TPSA) is 59.8 Å². The summed E-state index contributed by atoms with van der Waals surface area (Å²) in [7, 11) is 0. The lowest BCUT2D eigenvalue weighted by atomic mass is 10.2. The molecule has 1 aromatic carbocycles. The highest BCUT2D eigenvalue weighted by Crippen LogP contribution is 2.25. The maximum atomic E-state index is 12.5. The van der Waals surface area contributed by atoms with Gasteiger partial charge in [0.05, 0.1) is 17.4 Å². The number of rotatable bonds is 4. The Bertz CT molecular complexity index is 857. The van der Waals surface area contributed by atoms with Gasteiger partial charge in [-0.2, -0.15) is 5.10 Å². The zero-order valence-electron chi connectivity index (χ0n) is 13.3. The minimum atomic E-state index is -0.168.